The van der Waals surface area contributed by atoms with Gasteiger partial charge >= 0.3 is 0 Å². The Morgan fingerprint density at radius 2 is 1.60 bits per heavy atom. The van der Waals surface area contributed by atoms with Crippen LogP contribution in [0.3, 0.4) is 0 Å². The number of rotatable bonds is 7. The minimum Gasteiger partial charge on any atom is -0.378 e. The number of sulfonamides is 1. The zero-order valence-electron chi connectivity index (χ0n) is 17.6. The highest BCUT2D eigenvalue weighted by molar-refractivity contribution is 7.89. The molecule has 1 unspecified atom stereocenters. The van der Waals surface area contributed by atoms with Crippen LogP contribution in [0.15, 0.2) is 71.6 Å². The molecular weight excluding hydrogens is 394 g/mol. The van der Waals surface area contributed by atoms with Crippen LogP contribution in [-0.4, -0.2) is 47.0 Å². The second-order valence-corrected chi connectivity index (χ2v) is 9.81. The molecule has 0 saturated carbocycles. The fourth-order valence-corrected chi connectivity index (χ4v) is 5.47. The molecule has 1 heterocycles. The third-order valence-electron chi connectivity index (χ3n) is 5.88. The molecule has 0 spiro atoms. The van der Waals surface area contributed by atoms with Crippen molar-refractivity contribution in [3.05, 3.63) is 72.3 Å². The summed E-state index contributed by atoms with van der Waals surface area (Å²) in [5.74, 6) is 0. The van der Waals surface area contributed by atoms with E-state index in [1.807, 2.05) is 44.4 Å². The zero-order valence-corrected chi connectivity index (χ0v) is 18.4. The fraction of sp³-hybridized carbons (Fsp3) is 0.333. The summed E-state index contributed by atoms with van der Waals surface area (Å²) >= 11 is 0. The number of benzene rings is 3. The van der Waals surface area contributed by atoms with Crippen LogP contribution < -0.4 is 9.62 Å². The Balaban J connectivity index is 1.60. The first-order valence-electron chi connectivity index (χ1n) is 10.4. The van der Waals surface area contributed by atoms with Crippen molar-refractivity contribution >= 4 is 26.5 Å². The normalized spacial score (nSPS) is 16.1. The average molecular weight is 424 g/mol. The van der Waals surface area contributed by atoms with E-state index >= 15 is 0 Å². The summed E-state index contributed by atoms with van der Waals surface area (Å²) in [6.07, 6.45) is 2.31. The van der Waals surface area contributed by atoms with E-state index in [1.165, 1.54) is 0 Å². The van der Waals surface area contributed by atoms with Crippen LogP contribution in [0.25, 0.3) is 10.8 Å². The molecule has 1 fully saturated rings. The summed E-state index contributed by atoms with van der Waals surface area (Å²) in [6, 6.07) is 21.5. The van der Waals surface area contributed by atoms with Gasteiger partial charge in [-0.3, -0.25) is 4.90 Å². The number of hydrogen-bond donors (Lipinski definition) is 1. The maximum Gasteiger partial charge on any atom is 0.241 e. The molecule has 1 N–H and O–H groups in total. The molecule has 3 aromatic rings. The smallest absolute Gasteiger partial charge is 0.241 e. The molecule has 1 aliphatic rings. The molecule has 0 radical (unpaired) electrons. The second kappa shape index (κ2) is 8.76. The molecular formula is C24H29N3O2S. The van der Waals surface area contributed by atoms with Gasteiger partial charge in [-0.2, -0.15) is 0 Å². The van der Waals surface area contributed by atoms with Gasteiger partial charge in [-0.25, -0.2) is 13.1 Å². The number of hydrogen-bond acceptors (Lipinski definition) is 4. The largest absolute Gasteiger partial charge is 0.378 e. The highest BCUT2D eigenvalue weighted by Gasteiger charge is 2.26. The van der Waals surface area contributed by atoms with Gasteiger partial charge in [-0.05, 0) is 55.1 Å². The zero-order chi connectivity index (χ0) is 21.1. The molecule has 4 rings (SSSR count). The van der Waals surface area contributed by atoms with Crippen molar-refractivity contribution in [1.29, 1.82) is 0 Å². The Hall–Kier alpha value is -2.41. The highest BCUT2D eigenvalue weighted by Crippen LogP contribution is 2.28. The van der Waals surface area contributed by atoms with Crippen molar-refractivity contribution < 1.29 is 8.42 Å². The van der Waals surface area contributed by atoms with Crippen LogP contribution in [0, 0.1) is 0 Å². The van der Waals surface area contributed by atoms with Crippen molar-refractivity contribution in [3.63, 3.8) is 0 Å². The van der Waals surface area contributed by atoms with E-state index in [0.717, 1.165) is 48.0 Å². The van der Waals surface area contributed by atoms with Crippen molar-refractivity contribution in [3.8, 4) is 0 Å². The molecule has 3 aromatic carbocycles. The van der Waals surface area contributed by atoms with Gasteiger partial charge in [0.2, 0.25) is 10.0 Å². The van der Waals surface area contributed by atoms with E-state index in [4.69, 9.17) is 0 Å². The van der Waals surface area contributed by atoms with Gasteiger partial charge < -0.3 is 4.90 Å². The third-order valence-corrected chi connectivity index (χ3v) is 7.36. The minimum absolute atomic E-state index is 0.0217. The predicted octanol–water partition coefficient (Wildman–Crippen LogP) is 4.02. The van der Waals surface area contributed by atoms with Gasteiger partial charge in [0, 0.05) is 37.8 Å². The SMILES string of the molecule is CN(C)c1ccc(C(CNS(=O)(=O)c2cccc3ccccc23)N2CCCC2)cc1. The van der Waals surface area contributed by atoms with Gasteiger partial charge in [0.05, 0.1) is 4.90 Å². The van der Waals surface area contributed by atoms with E-state index in [-0.39, 0.29) is 6.04 Å². The molecule has 1 saturated heterocycles. The van der Waals surface area contributed by atoms with Crippen LogP contribution in [0.4, 0.5) is 5.69 Å². The van der Waals surface area contributed by atoms with Crippen LogP contribution in [-0.2, 0) is 10.0 Å². The molecule has 158 valence electrons. The number of likely N-dealkylation sites (tertiary alicyclic amines) is 1. The van der Waals surface area contributed by atoms with Crippen LogP contribution in [0.2, 0.25) is 0 Å². The Morgan fingerprint density at radius 3 is 2.30 bits per heavy atom. The van der Waals surface area contributed by atoms with E-state index in [2.05, 4.69) is 38.8 Å². The number of fused-ring (bicyclic) bond motifs is 1. The number of nitrogens with one attached hydrogen (secondary N) is 1. The predicted molar refractivity (Wildman–Crippen MR) is 123 cm³/mol. The monoisotopic (exact) mass is 423 g/mol. The Bertz CT molecular complexity index is 1100. The molecule has 1 atom stereocenters. The second-order valence-electron chi connectivity index (χ2n) is 8.07. The van der Waals surface area contributed by atoms with E-state index in [9.17, 15) is 8.42 Å². The fourth-order valence-electron chi connectivity index (χ4n) is 4.20. The summed E-state index contributed by atoms with van der Waals surface area (Å²) in [5, 5.41) is 1.68. The van der Waals surface area contributed by atoms with E-state index in [1.54, 1.807) is 12.1 Å². The van der Waals surface area contributed by atoms with Gasteiger partial charge in [-0.15, -0.1) is 0 Å². The third kappa shape index (κ3) is 4.36. The lowest BCUT2D eigenvalue weighted by Crippen LogP contribution is -2.36. The topological polar surface area (TPSA) is 52.7 Å². The maximum atomic E-state index is 13.2. The summed E-state index contributed by atoms with van der Waals surface area (Å²) in [7, 11) is 0.412. The maximum absolute atomic E-state index is 13.2. The van der Waals surface area contributed by atoms with Gasteiger partial charge in [-0.1, -0.05) is 48.5 Å². The lowest BCUT2D eigenvalue weighted by Gasteiger charge is -2.28. The summed E-state index contributed by atoms with van der Waals surface area (Å²) in [6.45, 7) is 2.35. The van der Waals surface area contributed by atoms with Gasteiger partial charge in [0.15, 0.2) is 0 Å². The first-order chi connectivity index (χ1) is 14.5. The Kier molecular flexibility index (Phi) is 6.09. The molecule has 0 aromatic heterocycles. The summed E-state index contributed by atoms with van der Waals surface area (Å²) in [4.78, 5) is 4.79. The molecule has 0 aliphatic carbocycles. The summed E-state index contributed by atoms with van der Waals surface area (Å²) in [5.41, 5.74) is 2.28. The molecule has 6 heteroatoms. The molecule has 1 aliphatic heterocycles. The molecule has 5 nitrogen and oxygen atoms in total. The van der Waals surface area contributed by atoms with Crippen molar-refractivity contribution in [2.45, 2.75) is 23.8 Å². The van der Waals surface area contributed by atoms with Crippen LogP contribution in [0.1, 0.15) is 24.4 Å². The molecule has 0 bridgehead atoms. The molecule has 0 amide bonds. The first-order valence-corrected chi connectivity index (χ1v) is 11.9. The number of anilines is 1. The quantitative estimate of drug-likeness (QED) is 0.624. The van der Waals surface area contributed by atoms with Crippen LogP contribution in [0.5, 0.6) is 0 Å². The first kappa shape index (κ1) is 20.8. The van der Waals surface area contributed by atoms with Gasteiger partial charge in [0.25, 0.3) is 0 Å². The Morgan fingerprint density at radius 1 is 0.933 bits per heavy atom. The average Bonchev–Trinajstić information content (AvgIpc) is 3.28. The van der Waals surface area contributed by atoms with E-state index < -0.39 is 10.0 Å². The van der Waals surface area contributed by atoms with Crippen molar-refractivity contribution in [2.75, 3.05) is 38.6 Å². The molecule has 30 heavy (non-hydrogen) atoms. The lowest BCUT2D eigenvalue weighted by molar-refractivity contribution is 0.246. The van der Waals surface area contributed by atoms with Gasteiger partial charge in [0.1, 0.15) is 0 Å². The number of nitrogens with zero attached hydrogens (tertiary/aromatic N) is 2. The van der Waals surface area contributed by atoms with Crippen molar-refractivity contribution in [2.24, 2.45) is 0 Å². The van der Waals surface area contributed by atoms with E-state index in [0.29, 0.717) is 11.4 Å². The standard InChI is InChI=1S/C24H29N3O2S/c1-26(2)21-14-12-20(13-15-21)23(27-16-5-6-17-27)18-25-30(28,29)24-11-7-9-19-8-3-4-10-22(19)24/h3-4,7-15,23,25H,5-6,16-18H2,1-2H3. The Labute approximate surface area is 179 Å². The minimum atomic E-state index is -3.63. The van der Waals surface area contributed by atoms with Crippen LogP contribution >= 0.6 is 0 Å². The summed E-state index contributed by atoms with van der Waals surface area (Å²) < 4.78 is 29.3. The van der Waals surface area contributed by atoms with Crippen molar-refractivity contribution in [1.82, 2.24) is 9.62 Å². The highest BCUT2D eigenvalue weighted by atomic mass is 32.2. The lowest BCUT2D eigenvalue weighted by atomic mass is 10.1.